The molecule has 0 N–H and O–H groups in total. The molecule has 0 amide bonds. The minimum atomic E-state index is -0.535. The normalized spacial score (nSPS) is 16.6. The van der Waals surface area contributed by atoms with Crippen LogP contribution in [0.3, 0.4) is 0 Å². The van der Waals surface area contributed by atoms with Gasteiger partial charge < -0.3 is 4.84 Å². The van der Waals surface area contributed by atoms with E-state index in [0.717, 1.165) is 4.90 Å². The van der Waals surface area contributed by atoms with Gasteiger partial charge in [0.2, 0.25) is 5.78 Å². The van der Waals surface area contributed by atoms with Crippen LogP contribution >= 0.6 is 11.8 Å². The van der Waals surface area contributed by atoms with Gasteiger partial charge in [-0.1, -0.05) is 29.1 Å². The smallest absolute Gasteiger partial charge is 0.317 e. The first-order valence-electron chi connectivity index (χ1n) is 4.25. The van der Waals surface area contributed by atoms with E-state index in [1.165, 1.54) is 18.7 Å². The predicted molar refractivity (Wildman–Crippen MR) is 55.8 cm³/mol. The van der Waals surface area contributed by atoms with Crippen LogP contribution < -0.4 is 0 Å². The average Bonchev–Trinajstić information content (AvgIpc) is 2.54. The Kier molecular flexibility index (Phi) is 2.55. The summed E-state index contributed by atoms with van der Waals surface area (Å²) in [6, 6.07) is 7.18. The van der Waals surface area contributed by atoms with Crippen molar-refractivity contribution < 1.29 is 14.4 Å². The lowest BCUT2D eigenvalue weighted by Crippen LogP contribution is -2.05. The van der Waals surface area contributed by atoms with Gasteiger partial charge >= 0.3 is 5.97 Å². The van der Waals surface area contributed by atoms with E-state index in [1.54, 1.807) is 12.1 Å². The Hall–Kier alpha value is -1.62. The summed E-state index contributed by atoms with van der Waals surface area (Å²) in [5, 5.41) is 3.70. The lowest BCUT2D eigenvalue weighted by molar-refractivity contribution is -0.140. The van der Waals surface area contributed by atoms with Gasteiger partial charge in [-0.3, -0.25) is 4.79 Å². The van der Waals surface area contributed by atoms with E-state index in [2.05, 4.69) is 9.99 Å². The number of carbonyl (C=O) groups excluding carboxylic acids is 2. The fourth-order valence-electron chi connectivity index (χ4n) is 1.17. The molecule has 0 bridgehead atoms. The minimum absolute atomic E-state index is 0.197. The highest BCUT2D eigenvalue weighted by atomic mass is 32.2. The molecule has 1 aliphatic heterocycles. The summed E-state index contributed by atoms with van der Waals surface area (Å²) in [5.41, 5.74) is 0.605. The zero-order valence-corrected chi connectivity index (χ0v) is 8.71. The summed E-state index contributed by atoms with van der Waals surface area (Å²) < 4.78 is 0. The lowest BCUT2D eigenvalue weighted by atomic mass is 10.1. The third-order valence-electron chi connectivity index (χ3n) is 1.79. The Morgan fingerprint density at radius 3 is 2.80 bits per heavy atom. The number of hydrogen-bond donors (Lipinski definition) is 0. The van der Waals surface area contributed by atoms with E-state index >= 15 is 0 Å². The number of nitrogens with zero attached hydrogens (tertiary/aromatic N) is 1. The molecule has 0 atom stereocenters. The molecule has 4 nitrogen and oxygen atoms in total. The van der Waals surface area contributed by atoms with Crippen LogP contribution in [-0.4, -0.2) is 16.8 Å². The van der Waals surface area contributed by atoms with Gasteiger partial charge in [-0.15, -0.1) is 0 Å². The van der Waals surface area contributed by atoms with Crippen molar-refractivity contribution in [1.82, 2.24) is 0 Å². The van der Waals surface area contributed by atoms with E-state index in [-0.39, 0.29) is 10.8 Å². The van der Waals surface area contributed by atoms with Gasteiger partial charge in [-0.2, -0.15) is 0 Å². The molecule has 0 fully saturated rings. The maximum Gasteiger partial charge on any atom is 0.332 e. The van der Waals surface area contributed by atoms with Crippen LogP contribution in [-0.2, 0) is 9.63 Å². The number of carbonyl (C=O) groups is 2. The Balaban J connectivity index is 2.27. The highest BCUT2D eigenvalue weighted by Gasteiger charge is 2.27. The van der Waals surface area contributed by atoms with Crippen molar-refractivity contribution >= 4 is 28.6 Å². The maximum absolute atomic E-state index is 11.7. The van der Waals surface area contributed by atoms with E-state index in [4.69, 9.17) is 0 Å². The zero-order chi connectivity index (χ0) is 10.8. The number of hydrogen-bond acceptors (Lipinski definition) is 5. The molecule has 1 heterocycles. The van der Waals surface area contributed by atoms with Crippen molar-refractivity contribution in [2.45, 2.75) is 11.8 Å². The van der Waals surface area contributed by atoms with Crippen LogP contribution in [0.25, 0.3) is 0 Å². The maximum atomic E-state index is 11.7. The average molecular weight is 221 g/mol. The third-order valence-corrected chi connectivity index (χ3v) is 2.82. The van der Waals surface area contributed by atoms with Gasteiger partial charge in [0.15, 0.2) is 5.04 Å². The number of oxime groups is 1. The van der Waals surface area contributed by atoms with E-state index in [1.807, 2.05) is 12.1 Å². The van der Waals surface area contributed by atoms with Crippen molar-refractivity contribution in [2.75, 3.05) is 0 Å². The summed E-state index contributed by atoms with van der Waals surface area (Å²) >= 11 is 1.21. The first-order chi connectivity index (χ1) is 7.18. The largest absolute Gasteiger partial charge is 0.332 e. The lowest BCUT2D eigenvalue weighted by Gasteiger charge is -1.91. The number of benzene rings is 1. The molecule has 0 spiro atoms. The van der Waals surface area contributed by atoms with Crippen LogP contribution in [0.4, 0.5) is 0 Å². The minimum Gasteiger partial charge on any atom is -0.317 e. The number of ketones is 1. The summed E-state index contributed by atoms with van der Waals surface area (Å²) in [7, 11) is 0. The molecule has 0 radical (unpaired) electrons. The zero-order valence-electron chi connectivity index (χ0n) is 7.89. The molecule has 1 aliphatic rings. The standard InChI is InChI=1S/C10H7NO3S/c1-6(12)14-11-10-9(13)7-4-2-3-5-8(7)15-10/h2-5H,1H3. The number of thioether (sulfide) groups is 1. The van der Waals surface area contributed by atoms with Gasteiger partial charge in [-0.05, 0) is 12.1 Å². The molecule has 76 valence electrons. The molecule has 1 aromatic carbocycles. The molecule has 0 aromatic heterocycles. The van der Waals surface area contributed by atoms with Crippen LogP contribution in [0, 0.1) is 0 Å². The van der Waals surface area contributed by atoms with E-state index in [9.17, 15) is 9.59 Å². The first-order valence-corrected chi connectivity index (χ1v) is 5.07. The quantitative estimate of drug-likeness (QED) is 0.536. The highest BCUT2D eigenvalue weighted by Crippen LogP contribution is 2.32. The molecular weight excluding hydrogens is 214 g/mol. The van der Waals surface area contributed by atoms with Crippen molar-refractivity contribution in [1.29, 1.82) is 0 Å². The summed E-state index contributed by atoms with van der Waals surface area (Å²) in [6.07, 6.45) is 0. The number of fused-ring (bicyclic) bond motifs is 1. The second kappa shape index (κ2) is 3.86. The Morgan fingerprint density at radius 2 is 2.13 bits per heavy atom. The Bertz CT molecular complexity index is 467. The molecule has 15 heavy (non-hydrogen) atoms. The second-order valence-electron chi connectivity index (χ2n) is 2.91. The Labute approximate surface area is 90.3 Å². The van der Waals surface area contributed by atoms with Gasteiger partial charge in [0.1, 0.15) is 0 Å². The topological polar surface area (TPSA) is 55.7 Å². The molecule has 5 heteroatoms. The molecule has 0 saturated carbocycles. The molecule has 0 aliphatic carbocycles. The predicted octanol–water partition coefficient (Wildman–Crippen LogP) is 1.85. The summed E-state index contributed by atoms with van der Waals surface area (Å²) in [4.78, 5) is 27.5. The van der Waals surface area contributed by atoms with Gasteiger partial charge in [0.25, 0.3) is 0 Å². The summed E-state index contributed by atoms with van der Waals surface area (Å²) in [5.74, 6) is -0.733. The molecule has 2 rings (SSSR count). The van der Waals surface area contributed by atoms with Gasteiger partial charge in [-0.25, -0.2) is 4.79 Å². The van der Waals surface area contributed by atoms with Crippen LogP contribution in [0.1, 0.15) is 17.3 Å². The van der Waals surface area contributed by atoms with Crippen LogP contribution in [0.15, 0.2) is 34.3 Å². The highest BCUT2D eigenvalue weighted by molar-refractivity contribution is 8.16. The SMILES string of the molecule is CC(=O)ON=C1Sc2ccccc2C1=O. The van der Waals surface area contributed by atoms with Crippen molar-refractivity contribution in [3.63, 3.8) is 0 Å². The number of Topliss-reactive ketones (excluding diaryl/α,β-unsaturated/α-hetero) is 1. The fourth-order valence-corrected chi connectivity index (χ4v) is 2.08. The molecule has 0 saturated heterocycles. The van der Waals surface area contributed by atoms with Crippen molar-refractivity contribution in [2.24, 2.45) is 5.16 Å². The number of rotatable bonds is 1. The second-order valence-corrected chi connectivity index (χ2v) is 3.94. The molecule has 0 unspecified atom stereocenters. The van der Waals surface area contributed by atoms with E-state index in [0.29, 0.717) is 5.56 Å². The monoisotopic (exact) mass is 221 g/mol. The Morgan fingerprint density at radius 1 is 1.40 bits per heavy atom. The first kappa shape index (κ1) is 9.92. The van der Waals surface area contributed by atoms with Crippen molar-refractivity contribution in [3.05, 3.63) is 29.8 Å². The van der Waals surface area contributed by atoms with Crippen LogP contribution in [0.5, 0.6) is 0 Å². The molecule has 1 aromatic rings. The van der Waals surface area contributed by atoms with Crippen LogP contribution in [0.2, 0.25) is 0 Å². The van der Waals surface area contributed by atoms with Crippen molar-refractivity contribution in [3.8, 4) is 0 Å². The third kappa shape index (κ3) is 1.92. The molecular formula is C10H7NO3S. The summed E-state index contributed by atoms with van der Waals surface area (Å²) in [6.45, 7) is 1.24. The van der Waals surface area contributed by atoms with Gasteiger partial charge in [0.05, 0.1) is 0 Å². The van der Waals surface area contributed by atoms with E-state index < -0.39 is 5.97 Å². The fraction of sp³-hybridized carbons (Fsp3) is 0.100. The van der Waals surface area contributed by atoms with Gasteiger partial charge in [0, 0.05) is 17.4 Å².